The van der Waals surface area contributed by atoms with E-state index in [0.29, 0.717) is 0 Å². The highest BCUT2D eigenvalue weighted by Crippen LogP contribution is 2.16. The lowest BCUT2D eigenvalue weighted by Gasteiger charge is -2.15. The highest BCUT2D eigenvalue weighted by Gasteiger charge is 2.11. The molecule has 88 valence electrons. The molecule has 0 heterocycles. The van der Waals surface area contributed by atoms with Crippen LogP contribution in [0, 0.1) is 0 Å². The summed E-state index contributed by atoms with van der Waals surface area (Å²) in [6.45, 7) is 3.06. The van der Waals surface area contributed by atoms with Gasteiger partial charge in [-0.3, -0.25) is 4.79 Å². The second-order valence-corrected chi connectivity index (χ2v) is 4.03. The summed E-state index contributed by atoms with van der Waals surface area (Å²) in [6.07, 6.45) is 2.27. The van der Waals surface area contributed by atoms with Crippen molar-refractivity contribution in [1.29, 1.82) is 0 Å². The van der Waals surface area contributed by atoms with Crippen molar-refractivity contribution in [1.82, 2.24) is 4.90 Å². The number of hydrogen-bond acceptors (Lipinski definition) is 2. The van der Waals surface area contributed by atoms with Gasteiger partial charge in [0.05, 0.1) is 5.56 Å². The number of rotatable bonds is 5. The molecule has 0 spiro atoms. The van der Waals surface area contributed by atoms with Gasteiger partial charge in [-0.2, -0.15) is 0 Å². The van der Waals surface area contributed by atoms with Crippen molar-refractivity contribution in [2.24, 2.45) is 0 Å². The fourth-order valence-electron chi connectivity index (χ4n) is 1.46. The zero-order valence-electron chi connectivity index (χ0n) is 10.3. The van der Waals surface area contributed by atoms with Crippen LogP contribution >= 0.6 is 0 Å². The smallest absolute Gasteiger partial charge is 0.255 e. The number of carbonyl (C=O) groups excluding carboxylic acids is 1. The molecule has 0 radical (unpaired) electrons. The van der Waals surface area contributed by atoms with Crippen molar-refractivity contribution in [2.75, 3.05) is 26.0 Å². The van der Waals surface area contributed by atoms with E-state index < -0.39 is 0 Å². The zero-order chi connectivity index (χ0) is 12.0. The molecule has 1 N–H and O–H groups in total. The summed E-state index contributed by atoms with van der Waals surface area (Å²) < 4.78 is 0. The minimum atomic E-state index is 0.0413. The van der Waals surface area contributed by atoms with Crippen LogP contribution < -0.4 is 5.32 Å². The van der Waals surface area contributed by atoms with Crippen LogP contribution in [0.2, 0.25) is 0 Å². The number of benzene rings is 1. The van der Waals surface area contributed by atoms with Crippen molar-refractivity contribution in [3.63, 3.8) is 0 Å². The Morgan fingerprint density at radius 1 is 1.31 bits per heavy atom. The summed E-state index contributed by atoms with van der Waals surface area (Å²) in [5.41, 5.74) is 1.67. The first-order valence-corrected chi connectivity index (χ1v) is 5.71. The number of nitrogens with zero attached hydrogens (tertiary/aromatic N) is 1. The third kappa shape index (κ3) is 3.26. The molecule has 0 unspecified atom stereocenters. The number of para-hydroxylation sites is 1. The Hall–Kier alpha value is -1.51. The van der Waals surface area contributed by atoms with Crippen LogP contribution in [0.5, 0.6) is 0 Å². The third-order valence-corrected chi connectivity index (χ3v) is 2.41. The number of amides is 1. The summed E-state index contributed by atoms with van der Waals surface area (Å²) in [6, 6.07) is 7.64. The van der Waals surface area contributed by atoms with Crippen LogP contribution in [0.1, 0.15) is 30.1 Å². The Kier molecular flexibility index (Phi) is 4.83. The highest BCUT2D eigenvalue weighted by atomic mass is 16.2. The van der Waals surface area contributed by atoms with Crippen LogP contribution in [0.4, 0.5) is 5.69 Å². The van der Waals surface area contributed by atoms with E-state index in [0.717, 1.165) is 30.6 Å². The van der Waals surface area contributed by atoms with Crippen molar-refractivity contribution >= 4 is 11.6 Å². The Balaban J connectivity index is 2.79. The number of carbonyl (C=O) groups is 1. The van der Waals surface area contributed by atoms with Gasteiger partial charge in [0.25, 0.3) is 5.91 Å². The number of anilines is 1. The molecule has 0 atom stereocenters. The molecule has 0 aliphatic rings. The molecule has 3 heteroatoms. The van der Waals surface area contributed by atoms with E-state index >= 15 is 0 Å². The maximum Gasteiger partial charge on any atom is 0.255 e. The van der Waals surface area contributed by atoms with Gasteiger partial charge in [-0.15, -0.1) is 0 Å². The van der Waals surface area contributed by atoms with Crippen molar-refractivity contribution in [3.05, 3.63) is 29.8 Å². The van der Waals surface area contributed by atoms with Gasteiger partial charge in [-0.05, 0) is 18.6 Å². The van der Waals surface area contributed by atoms with Gasteiger partial charge >= 0.3 is 0 Å². The standard InChI is InChI=1S/C13H20N2O/c1-4-5-10-14-12-9-7-6-8-11(12)13(16)15(2)3/h6-9,14H,4-5,10H2,1-3H3. The van der Waals surface area contributed by atoms with Gasteiger partial charge in [0.15, 0.2) is 0 Å². The highest BCUT2D eigenvalue weighted by molar-refractivity contribution is 5.99. The molecule has 0 aliphatic heterocycles. The molecule has 0 bridgehead atoms. The molecule has 3 nitrogen and oxygen atoms in total. The van der Waals surface area contributed by atoms with Gasteiger partial charge in [-0.1, -0.05) is 25.5 Å². The maximum absolute atomic E-state index is 11.9. The maximum atomic E-state index is 11.9. The van der Waals surface area contributed by atoms with Gasteiger partial charge < -0.3 is 10.2 Å². The molecule has 1 aromatic rings. The van der Waals surface area contributed by atoms with Gasteiger partial charge in [0.2, 0.25) is 0 Å². The second kappa shape index (κ2) is 6.16. The lowest BCUT2D eigenvalue weighted by atomic mass is 10.1. The lowest BCUT2D eigenvalue weighted by molar-refractivity contribution is 0.0828. The fraction of sp³-hybridized carbons (Fsp3) is 0.462. The summed E-state index contributed by atoms with van der Waals surface area (Å²) in [5.74, 6) is 0.0413. The molecule has 1 amide bonds. The molecule has 1 aromatic carbocycles. The predicted octanol–water partition coefficient (Wildman–Crippen LogP) is 2.60. The minimum Gasteiger partial charge on any atom is -0.384 e. The normalized spacial score (nSPS) is 9.94. The van der Waals surface area contributed by atoms with Crippen molar-refractivity contribution in [3.8, 4) is 0 Å². The molecule has 0 aliphatic carbocycles. The van der Waals surface area contributed by atoms with E-state index in [1.807, 2.05) is 24.3 Å². The van der Waals surface area contributed by atoms with E-state index in [-0.39, 0.29) is 5.91 Å². The van der Waals surface area contributed by atoms with E-state index in [4.69, 9.17) is 0 Å². The Morgan fingerprint density at radius 2 is 2.00 bits per heavy atom. The Labute approximate surface area is 97.5 Å². The summed E-state index contributed by atoms with van der Waals surface area (Å²) in [5, 5.41) is 3.30. The lowest BCUT2D eigenvalue weighted by Crippen LogP contribution is -2.23. The SMILES string of the molecule is CCCCNc1ccccc1C(=O)N(C)C. The first-order chi connectivity index (χ1) is 7.66. The van der Waals surface area contributed by atoms with Crippen molar-refractivity contribution < 1.29 is 4.79 Å². The van der Waals surface area contributed by atoms with E-state index in [1.165, 1.54) is 0 Å². The quantitative estimate of drug-likeness (QED) is 0.774. The van der Waals surface area contributed by atoms with Crippen LogP contribution in [-0.2, 0) is 0 Å². The number of hydrogen-bond donors (Lipinski definition) is 1. The van der Waals surface area contributed by atoms with E-state index in [9.17, 15) is 4.79 Å². The zero-order valence-corrected chi connectivity index (χ0v) is 10.3. The molecule has 0 fully saturated rings. The molecule has 0 saturated carbocycles. The molecule has 0 aromatic heterocycles. The van der Waals surface area contributed by atoms with Crippen LogP contribution in [0.15, 0.2) is 24.3 Å². The van der Waals surface area contributed by atoms with E-state index in [2.05, 4.69) is 12.2 Å². The minimum absolute atomic E-state index is 0.0413. The monoisotopic (exact) mass is 220 g/mol. The average Bonchev–Trinajstić information content (AvgIpc) is 2.29. The van der Waals surface area contributed by atoms with Gasteiger partial charge in [0, 0.05) is 26.3 Å². The third-order valence-electron chi connectivity index (χ3n) is 2.41. The fourth-order valence-corrected chi connectivity index (χ4v) is 1.46. The summed E-state index contributed by atoms with van der Waals surface area (Å²) in [4.78, 5) is 13.5. The molecule has 16 heavy (non-hydrogen) atoms. The Morgan fingerprint density at radius 3 is 2.62 bits per heavy atom. The molecular weight excluding hydrogens is 200 g/mol. The van der Waals surface area contributed by atoms with E-state index in [1.54, 1.807) is 19.0 Å². The van der Waals surface area contributed by atoms with Crippen molar-refractivity contribution in [2.45, 2.75) is 19.8 Å². The average molecular weight is 220 g/mol. The van der Waals surface area contributed by atoms with Crippen LogP contribution in [0.3, 0.4) is 0 Å². The summed E-state index contributed by atoms with van der Waals surface area (Å²) >= 11 is 0. The largest absolute Gasteiger partial charge is 0.384 e. The number of unbranched alkanes of at least 4 members (excludes halogenated alkanes) is 1. The van der Waals surface area contributed by atoms with Gasteiger partial charge in [-0.25, -0.2) is 0 Å². The van der Waals surface area contributed by atoms with Crippen LogP contribution in [0.25, 0.3) is 0 Å². The first kappa shape index (κ1) is 12.6. The Bertz CT molecular complexity index is 348. The van der Waals surface area contributed by atoms with Gasteiger partial charge in [0.1, 0.15) is 0 Å². The predicted molar refractivity (Wildman–Crippen MR) is 67.9 cm³/mol. The second-order valence-electron chi connectivity index (χ2n) is 4.03. The molecule has 0 saturated heterocycles. The molecular formula is C13H20N2O. The molecule has 1 rings (SSSR count). The summed E-state index contributed by atoms with van der Waals surface area (Å²) in [7, 11) is 3.54. The first-order valence-electron chi connectivity index (χ1n) is 5.71. The van der Waals surface area contributed by atoms with Crippen LogP contribution in [-0.4, -0.2) is 31.4 Å². The number of nitrogens with one attached hydrogen (secondary N) is 1. The topological polar surface area (TPSA) is 32.3 Å².